The third-order valence-electron chi connectivity index (χ3n) is 6.67. The first kappa shape index (κ1) is 28.0. The predicted molar refractivity (Wildman–Crippen MR) is 174 cm³/mol. The molecule has 0 saturated carbocycles. The predicted octanol–water partition coefficient (Wildman–Crippen LogP) is 8.19. The maximum Gasteiger partial charge on any atom is 0.265 e. The summed E-state index contributed by atoms with van der Waals surface area (Å²) in [6.45, 7) is 4.01. The number of aryl methyl sites for hydroxylation is 2. The van der Waals surface area contributed by atoms with Crippen molar-refractivity contribution in [1.82, 2.24) is 15.0 Å². The zero-order valence-corrected chi connectivity index (χ0v) is 24.9. The lowest BCUT2D eigenvalue weighted by Gasteiger charge is -2.13. The van der Waals surface area contributed by atoms with Gasteiger partial charge in [-0.05, 0) is 72.8 Å². The van der Waals surface area contributed by atoms with Crippen LogP contribution in [0.5, 0.6) is 0 Å². The van der Waals surface area contributed by atoms with Crippen LogP contribution in [0, 0.1) is 13.8 Å². The van der Waals surface area contributed by atoms with Crippen LogP contribution < -0.4 is 16.0 Å². The van der Waals surface area contributed by atoms with Gasteiger partial charge in [0.25, 0.3) is 11.8 Å². The monoisotopic (exact) mass is 602 g/mol. The Balaban J connectivity index is 1.14. The summed E-state index contributed by atoms with van der Waals surface area (Å²) in [5, 5.41) is 11.1. The van der Waals surface area contributed by atoms with Gasteiger partial charge in [0.05, 0.1) is 28.0 Å². The van der Waals surface area contributed by atoms with Crippen molar-refractivity contribution in [2.45, 2.75) is 13.8 Å². The van der Waals surface area contributed by atoms with Crippen LogP contribution in [-0.2, 0) is 0 Å². The first-order valence-corrected chi connectivity index (χ1v) is 15.1. The molecular formula is C33H26N6O2S2. The third-order valence-corrected chi connectivity index (χ3v) is 8.82. The third kappa shape index (κ3) is 6.50. The summed E-state index contributed by atoms with van der Waals surface area (Å²) in [4.78, 5) is 42.0. The maximum atomic E-state index is 13.1. The van der Waals surface area contributed by atoms with E-state index in [1.54, 1.807) is 29.7 Å². The van der Waals surface area contributed by atoms with E-state index in [-0.39, 0.29) is 11.8 Å². The summed E-state index contributed by atoms with van der Waals surface area (Å²) in [5.41, 5.74) is 6.04. The number of carbonyl (C=O) groups is 2. The number of carbonyl (C=O) groups excluding carboxylic acids is 2. The molecule has 0 radical (unpaired) electrons. The summed E-state index contributed by atoms with van der Waals surface area (Å²) in [7, 11) is 0. The molecule has 6 aromatic rings. The number of thiophene rings is 2. The molecule has 0 aliphatic heterocycles. The van der Waals surface area contributed by atoms with E-state index >= 15 is 0 Å². The number of amides is 2. The average molecular weight is 603 g/mol. The number of rotatable bonds is 8. The Labute approximate surface area is 256 Å². The molecule has 4 aromatic heterocycles. The maximum absolute atomic E-state index is 13.1. The zero-order valence-electron chi connectivity index (χ0n) is 23.3. The molecule has 0 bridgehead atoms. The molecule has 3 N–H and O–H groups in total. The van der Waals surface area contributed by atoms with Gasteiger partial charge in [-0.2, -0.15) is 0 Å². The molecule has 0 aliphatic carbocycles. The second kappa shape index (κ2) is 12.4. The molecule has 8 nitrogen and oxygen atoms in total. The van der Waals surface area contributed by atoms with Crippen LogP contribution in [0.15, 0.2) is 103 Å². The second-order valence-corrected chi connectivity index (χ2v) is 11.8. The summed E-state index contributed by atoms with van der Waals surface area (Å²) in [6.07, 6.45) is 4.70. The fourth-order valence-corrected chi connectivity index (χ4v) is 6.16. The highest BCUT2D eigenvalue weighted by atomic mass is 32.1. The van der Waals surface area contributed by atoms with Crippen LogP contribution in [0.25, 0.3) is 21.0 Å². The minimum Gasteiger partial charge on any atom is -0.324 e. The second-order valence-electron chi connectivity index (χ2n) is 9.75. The molecule has 0 saturated heterocycles. The van der Waals surface area contributed by atoms with E-state index in [1.165, 1.54) is 23.7 Å². The largest absolute Gasteiger partial charge is 0.324 e. The minimum absolute atomic E-state index is 0.255. The van der Waals surface area contributed by atoms with Crippen LogP contribution in [0.3, 0.4) is 0 Å². The molecule has 4 heterocycles. The topological polar surface area (TPSA) is 109 Å². The Hall–Kier alpha value is -5.19. The Kier molecular flexibility index (Phi) is 8.03. The number of nitrogens with zero attached hydrogens (tertiary/aromatic N) is 3. The summed E-state index contributed by atoms with van der Waals surface area (Å²) in [6, 6.07) is 24.8. The van der Waals surface area contributed by atoms with E-state index < -0.39 is 0 Å². The van der Waals surface area contributed by atoms with E-state index in [4.69, 9.17) is 4.98 Å². The van der Waals surface area contributed by atoms with Gasteiger partial charge in [0.2, 0.25) is 5.95 Å². The lowest BCUT2D eigenvalue weighted by molar-refractivity contribution is 0.101. The Morgan fingerprint density at radius 2 is 1.63 bits per heavy atom. The lowest BCUT2D eigenvalue weighted by atomic mass is 10.1. The van der Waals surface area contributed by atoms with E-state index in [2.05, 4.69) is 25.9 Å². The molecule has 2 aromatic carbocycles. The molecule has 6 rings (SSSR count). The van der Waals surface area contributed by atoms with Crippen LogP contribution in [0.1, 0.15) is 31.2 Å². The molecule has 0 fully saturated rings. The van der Waals surface area contributed by atoms with E-state index in [0.717, 1.165) is 37.8 Å². The molecule has 2 amide bonds. The van der Waals surface area contributed by atoms with Gasteiger partial charge in [0.1, 0.15) is 0 Å². The fraction of sp³-hybridized carbons (Fsp3) is 0.0606. The Bertz CT molecular complexity index is 1930. The number of hydrogen-bond donors (Lipinski definition) is 3. The van der Waals surface area contributed by atoms with Gasteiger partial charge in [0, 0.05) is 39.1 Å². The zero-order chi connectivity index (χ0) is 29.8. The SMILES string of the molecule is Cc1ccc(NC(=O)c2cncc(NC(=O)c3ccc(-c4cccs4)s3)c2)cc1Nc1nccc(-c2ccccc2C)n1. The van der Waals surface area contributed by atoms with Crippen molar-refractivity contribution >= 4 is 57.5 Å². The van der Waals surface area contributed by atoms with Crippen molar-refractivity contribution < 1.29 is 9.59 Å². The van der Waals surface area contributed by atoms with Gasteiger partial charge in [0.15, 0.2) is 0 Å². The number of aromatic nitrogens is 3. The van der Waals surface area contributed by atoms with Gasteiger partial charge in [-0.1, -0.05) is 36.4 Å². The summed E-state index contributed by atoms with van der Waals surface area (Å²) < 4.78 is 0. The number of hydrogen-bond acceptors (Lipinski definition) is 8. The highest BCUT2D eigenvalue weighted by molar-refractivity contribution is 7.22. The van der Waals surface area contributed by atoms with Gasteiger partial charge >= 0.3 is 0 Å². The number of anilines is 4. The normalized spacial score (nSPS) is 10.7. The number of benzene rings is 2. The molecule has 212 valence electrons. The van der Waals surface area contributed by atoms with Crippen molar-refractivity contribution in [1.29, 1.82) is 0 Å². The first-order valence-electron chi connectivity index (χ1n) is 13.4. The fourth-order valence-electron chi connectivity index (χ4n) is 4.42. The summed E-state index contributed by atoms with van der Waals surface area (Å²) in [5.74, 6) is -0.157. The van der Waals surface area contributed by atoms with Gasteiger partial charge in [-0.15, -0.1) is 22.7 Å². The molecule has 0 atom stereocenters. The number of pyridine rings is 1. The quantitative estimate of drug-likeness (QED) is 0.162. The van der Waals surface area contributed by atoms with E-state index in [9.17, 15) is 9.59 Å². The molecule has 43 heavy (non-hydrogen) atoms. The van der Waals surface area contributed by atoms with Crippen molar-refractivity contribution in [3.63, 3.8) is 0 Å². The van der Waals surface area contributed by atoms with Crippen molar-refractivity contribution in [3.8, 4) is 21.0 Å². The van der Waals surface area contributed by atoms with Crippen LogP contribution in [0.4, 0.5) is 23.0 Å². The smallest absolute Gasteiger partial charge is 0.265 e. The highest BCUT2D eigenvalue weighted by Crippen LogP contribution is 2.32. The van der Waals surface area contributed by atoms with Crippen LogP contribution >= 0.6 is 22.7 Å². The van der Waals surface area contributed by atoms with Crippen molar-refractivity contribution in [2.75, 3.05) is 16.0 Å². The first-order chi connectivity index (χ1) is 20.9. The lowest BCUT2D eigenvalue weighted by Crippen LogP contribution is -2.15. The molecule has 0 unspecified atom stereocenters. The number of nitrogens with one attached hydrogen (secondary N) is 3. The van der Waals surface area contributed by atoms with Gasteiger partial charge in [-0.25, -0.2) is 9.97 Å². The molecule has 0 spiro atoms. The highest BCUT2D eigenvalue weighted by Gasteiger charge is 2.14. The van der Waals surface area contributed by atoms with E-state index in [0.29, 0.717) is 27.8 Å². The van der Waals surface area contributed by atoms with Crippen LogP contribution in [0.2, 0.25) is 0 Å². The molecule has 10 heteroatoms. The minimum atomic E-state index is -0.354. The van der Waals surface area contributed by atoms with E-state index in [1.807, 2.05) is 86.0 Å². The van der Waals surface area contributed by atoms with Gasteiger partial charge < -0.3 is 16.0 Å². The molecular weight excluding hydrogens is 577 g/mol. The Morgan fingerprint density at radius 1 is 0.767 bits per heavy atom. The summed E-state index contributed by atoms with van der Waals surface area (Å²) >= 11 is 3.04. The van der Waals surface area contributed by atoms with Crippen molar-refractivity contribution in [3.05, 3.63) is 124 Å². The average Bonchev–Trinajstić information content (AvgIpc) is 3.73. The van der Waals surface area contributed by atoms with Gasteiger partial charge in [-0.3, -0.25) is 14.6 Å². The molecule has 0 aliphatic rings. The Morgan fingerprint density at radius 3 is 2.47 bits per heavy atom. The van der Waals surface area contributed by atoms with Crippen LogP contribution in [-0.4, -0.2) is 26.8 Å². The standard InChI is InChI=1S/C33H26N6O2S2/c1-20-6-3-4-7-25(20)26-13-14-35-33(38-26)39-27-17-23(10-9-21(27)2)36-31(40)22-16-24(19-34-18-22)37-32(41)30-12-11-29(43-30)28-8-5-15-42-28/h3-19H,1-2H3,(H,36,40)(H,37,41)(H,35,38,39). The van der Waals surface area contributed by atoms with Crippen molar-refractivity contribution in [2.24, 2.45) is 0 Å².